The van der Waals surface area contributed by atoms with Gasteiger partial charge in [-0.25, -0.2) is 8.42 Å². The number of amides is 1. The summed E-state index contributed by atoms with van der Waals surface area (Å²) in [6.45, 7) is 4.96. The molecule has 5 nitrogen and oxygen atoms in total. The van der Waals surface area contributed by atoms with E-state index in [9.17, 15) is 13.2 Å². The summed E-state index contributed by atoms with van der Waals surface area (Å²) in [6, 6.07) is 1.43. The molecule has 0 unspecified atom stereocenters. The second-order valence-electron chi connectivity index (χ2n) is 4.48. The van der Waals surface area contributed by atoms with Crippen molar-refractivity contribution in [1.29, 1.82) is 0 Å². The van der Waals surface area contributed by atoms with Gasteiger partial charge in [-0.2, -0.15) is 0 Å². The average Bonchev–Trinajstić information content (AvgIpc) is 2.39. The molecule has 114 valence electrons. The maximum absolute atomic E-state index is 11.5. The molecule has 0 heterocycles. The van der Waals surface area contributed by atoms with Crippen LogP contribution in [0.1, 0.15) is 16.7 Å². The van der Waals surface area contributed by atoms with E-state index < -0.39 is 9.05 Å². The Morgan fingerprint density at radius 1 is 1.38 bits per heavy atom. The van der Waals surface area contributed by atoms with Crippen LogP contribution < -0.4 is 10.1 Å². The normalized spacial score (nSPS) is 10.8. The fourth-order valence-corrected chi connectivity index (χ4v) is 3.15. The molecule has 21 heavy (non-hydrogen) atoms. The summed E-state index contributed by atoms with van der Waals surface area (Å²) in [5.41, 5.74) is 1.70. The molecule has 1 aromatic carbocycles. The largest absolute Gasteiger partial charge is 0.483 e. The molecule has 0 radical (unpaired) electrons. The fraction of sp³-hybridized carbons (Fsp3) is 0.357. The summed E-state index contributed by atoms with van der Waals surface area (Å²) in [7, 11) is 1.57. The number of terminal acetylenes is 1. The lowest BCUT2D eigenvalue weighted by Crippen LogP contribution is -2.29. The fourth-order valence-electron chi connectivity index (χ4n) is 1.83. The van der Waals surface area contributed by atoms with E-state index in [2.05, 4.69) is 11.2 Å². The topological polar surface area (TPSA) is 72.5 Å². The van der Waals surface area contributed by atoms with Gasteiger partial charge in [-0.1, -0.05) is 5.92 Å². The number of rotatable bonds is 5. The van der Waals surface area contributed by atoms with Crippen molar-refractivity contribution in [3.8, 4) is 18.1 Å². The lowest BCUT2D eigenvalue weighted by Gasteiger charge is -2.16. The van der Waals surface area contributed by atoms with E-state index in [-0.39, 0.29) is 24.0 Å². The van der Waals surface area contributed by atoms with Gasteiger partial charge in [0.1, 0.15) is 5.75 Å². The summed E-state index contributed by atoms with van der Waals surface area (Å²) in [4.78, 5) is 11.5. The van der Waals surface area contributed by atoms with E-state index in [1.807, 2.05) is 0 Å². The van der Waals surface area contributed by atoms with Crippen LogP contribution in [0, 0.1) is 33.1 Å². The minimum absolute atomic E-state index is 0.0447. The van der Waals surface area contributed by atoms with E-state index in [0.29, 0.717) is 22.4 Å². The van der Waals surface area contributed by atoms with Gasteiger partial charge >= 0.3 is 0 Å². The van der Waals surface area contributed by atoms with E-state index in [4.69, 9.17) is 21.8 Å². The van der Waals surface area contributed by atoms with Crippen LogP contribution in [0.4, 0.5) is 0 Å². The van der Waals surface area contributed by atoms with Crippen molar-refractivity contribution in [3.05, 3.63) is 22.8 Å². The number of halogens is 1. The molecule has 0 aromatic heterocycles. The van der Waals surface area contributed by atoms with Gasteiger partial charge in [0.25, 0.3) is 15.0 Å². The lowest BCUT2D eigenvalue weighted by molar-refractivity contribution is -0.122. The molecule has 0 aliphatic carbocycles. The van der Waals surface area contributed by atoms with Crippen molar-refractivity contribution in [2.45, 2.75) is 25.7 Å². The summed E-state index contributed by atoms with van der Waals surface area (Å²) in [5.74, 6) is 2.40. The standard InChI is InChI=1S/C14H16ClNO4S/c1-5-6-16-13(17)8-20-14-9(2)7-12(21(15,18)19)10(3)11(14)4/h1,7H,6,8H2,2-4H3,(H,16,17). The Morgan fingerprint density at radius 2 is 2.00 bits per heavy atom. The first kappa shape index (κ1) is 17.3. The molecule has 0 fully saturated rings. The Bertz CT molecular complexity index is 705. The molecule has 0 aliphatic heterocycles. The Balaban J connectivity index is 3.04. The number of ether oxygens (including phenoxy) is 1. The number of benzene rings is 1. The van der Waals surface area contributed by atoms with E-state index in [1.165, 1.54) is 6.07 Å². The zero-order valence-electron chi connectivity index (χ0n) is 12.0. The van der Waals surface area contributed by atoms with Crippen LogP contribution in [0.5, 0.6) is 5.75 Å². The highest BCUT2D eigenvalue weighted by Gasteiger charge is 2.19. The number of hydrogen-bond acceptors (Lipinski definition) is 4. The Morgan fingerprint density at radius 3 is 2.52 bits per heavy atom. The molecule has 1 aromatic rings. The van der Waals surface area contributed by atoms with Gasteiger partial charge in [0, 0.05) is 10.7 Å². The Labute approximate surface area is 129 Å². The highest BCUT2D eigenvalue weighted by molar-refractivity contribution is 8.13. The van der Waals surface area contributed by atoms with Crippen LogP contribution >= 0.6 is 10.7 Å². The highest BCUT2D eigenvalue weighted by atomic mass is 35.7. The molecular formula is C14H16ClNO4S. The van der Waals surface area contributed by atoms with E-state index in [1.54, 1.807) is 20.8 Å². The maximum atomic E-state index is 11.5. The summed E-state index contributed by atoms with van der Waals surface area (Å²) in [6.07, 6.45) is 5.03. The SMILES string of the molecule is C#CCNC(=O)COc1c(C)cc(S(=O)(=O)Cl)c(C)c1C. The number of carbonyl (C=O) groups is 1. The summed E-state index contributed by atoms with van der Waals surface area (Å²) < 4.78 is 28.4. The molecule has 0 spiro atoms. The number of hydrogen-bond donors (Lipinski definition) is 1. The third-order valence-electron chi connectivity index (χ3n) is 2.98. The van der Waals surface area contributed by atoms with Gasteiger partial charge in [-0.3, -0.25) is 4.79 Å². The average molecular weight is 330 g/mol. The highest BCUT2D eigenvalue weighted by Crippen LogP contribution is 2.32. The molecule has 7 heteroatoms. The van der Waals surface area contributed by atoms with Crippen molar-refractivity contribution in [1.82, 2.24) is 5.32 Å². The second kappa shape index (κ2) is 6.83. The Hall–Kier alpha value is -1.71. The summed E-state index contributed by atoms with van der Waals surface area (Å²) in [5, 5.41) is 2.47. The molecule has 1 N–H and O–H groups in total. The van der Waals surface area contributed by atoms with Crippen LogP contribution in [-0.4, -0.2) is 27.5 Å². The van der Waals surface area contributed by atoms with Crippen molar-refractivity contribution >= 4 is 25.6 Å². The first-order valence-corrected chi connectivity index (χ1v) is 8.37. The van der Waals surface area contributed by atoms with Gasteiger partial charge in [0.15, 0.2) is 6.61 Å². The predicted molar refractivity (Wildman–Crippen MR) is 81.0 cm³/mol. The van der Waals surface area contributed by atoms with Gasteiger partial charge in [0.2, 0.25) is 0 Å². The zero-order valence-corrected chi connectivity index (χ0v) is 13.6. The van der Waals surface area contributed by atoms with Gasteiger partial charge in [-0.05, 0) is 43.5 Å². The zero-order chi connectivity index (χ0) is 16.2. The van der Waals surface area contributed by atoms with Gasteiger partial charge < -0.3 is 10.1 Å². The number of aryl methyl sites for hydroxylation is 1. The molecule has 1 amide bonds. The van der Waals surface area contributed by atoms with Crippen molar-refractivity contribution in [2.24, 2.45) is 0 Å². The second-order valence-corrected chi connectivity index (χ2v) is 7.01. The maximum Gasteiger partial charge on any atom is 0.261 e. The third-order valence-corrected chi connectivity index (χ3v) is 4.42. The van der Waals surface area contributed by atoms with Crippen LogP contribution in [0.25, 0.3) is 0 Å². The van der Waals surface area contributed by atoms with E-state index in [0.717, 1.165) is 0 Å². The molecule has 1 rings (SSSR count). The summed E-state index contributed by atoms with van der Waals surface area (Å²) >= 11 is 0. The van der Waals surface area contributed by atoms with Crippen molar-refractivity contribution < 1.29 is 17.9 Å². The van der Waals surface area contributed by atoms with Crippen molar-refractivity contribution in [2.75, 3.05) is 13.2 Å². The minimum Gasteiger partial charge on any atom is -0.483 e. The quantitative estimate of drug-likeness (QED) is 0.659. The van der Waals surface area contributed by atoms with Gasteiger partial charge in [0.05, 0.1) is 11.4 Å². The smallest absolute Gasteiger partial charge is 0.261 e. The minimum atomic E-state index is -3.82. The van der Waals surface area contributed by atoms with Crippen LogP contribution in [0.15, 0.2) is 11.0 Å². The van der Waals surface area contributed by atoms with E-state index >= 15 is 0 Å². The van der Waals surface area contributed by atoms with Crippen LogP contribution in [0.3, 0.4) is 0 Å². The van der Waals surface area contributed by atoms with Crippen LogP contribution in [-0.2, 0) is 13.8 Å². The first-order chi connectivity index (χ1) is 9.68. The molecule has 0 aliphatic rings. The molecule has 0 bridgehead atoms. The van der Waals surface area contributed by atoms with Gasteiger partial charge in [-0.15, -0.1) is 6.42 Å². The molecule has 0 atom stereocenters. The monoisotopic (exact) mass is 329 g/mol. The lowest BCUT2D eigenvalue weighted by atomic mass is 10.1. The number of nitrogens with one attached hydrogen (secondary N) is 1. The molecular weight excluding hydrogens is 314 g/mol. The molecule has 0 saturated carbocycles. The third kappa shape index (κ3) is 4.38. The predicted octanol–water partition coefficient (Wildman–Crippen LogP) is 1.67. The van der Waals surface area contributed by atoms with Crippen molar-refractivity contribution in [3.63, 3.8) is 0 Å². The number of carbonyl (C=O) groups excluding carboxylic acids is 1. The Kier molecular flexibility index (Phi) is 5.64. The van der Waals surface area contributed by atoms with Crippen LogP contribution in [0.2, 0.25) is 0 Å². The molecule has 0 saturated heterocycles. The first-order valence-electron chi connectivity index (χ1n) is 6.07.